The highest BCUT2D eigenvalue weighted by atomic mass is 16.7. The maximum absolute atomic E-state index is 12.5. The van der Waals surface area contributed by atoms with E-state index in [9.17, 15) is 9.90 Å². The Balaban J connectivity index is 1.24. The van der Waals surface area contributed by atoms with Crippen molar-refractivity contribution in [3.63, 3.8) is 0 Å². The van der Waals surface area contributed by atoms with Crippen molar-refractivity contribution in [3.05, 3.63) is 179 Å². The zero-order valence-electron chi connectivity index (χ0n) is 35.2. The van der Waals surface area contributed by atoms with Crippen LogP contribution in [0.2, 0.25) is 0 Å². The molecule has 2 saturated heterocycles. The fraction of sp³-hybridized carbons (Fsp3) is 0.380. The number of methoxy groups -OCH3 is 1. The Morgan fingerprint density at radius 1 is 0.516 bits per heavy atom. The second-order valence-corrected chi connectivity index (χ2v) is 15.4. The third kappa shape index (κ3) is 12.9. The quantitative estimate of drug-likeness (QED) is 0.0837. The third-order valence-corrected chi connectivity index (χ3v) is 10.8. The van der Waals surface area contributed by atoms with E-state index < -0.39 is 61.3 Å². The summed E-state index contributed by atoms with van der Waals surface area (Å²) in [6.07, 6.45) is -8.62. The van der Waals surface area contributed by atoms with E-state index in [4.69, 9.17) is 42.6 Å². The third-order valence-electron chi connectivity index (χ3n) is 10.8. The molecule has 328 valence electrons. The van der Waals surface area contributed by atoms with Crippen LogP contribution < -0.4 is 5.32 Å². The fourth-order valence-corrected chi connectivity index (χ4v) is 7.69. The van der Waals surface area contributed by atoms with Gasteiger partial charge in [-0.2, -0.15) is 0 Å². The summed E-state index contributed by atoms with van der Waals surface area (Å²) in [7, 11) is 1.46. The number of nitrogens with one attached hydrogen (secondary N) is 1. The lowest BCUT2D eigenvalue weighted by Crippen LogP contribution is -2.68. The van der Waals surface area contributed by atoms with E-state index in [-0.39, 0.29) is 45.5 Å². The largest absolute Gasteiger partial charge is 0.388 e. The van der Waals surface area contributed by atoms with Crippen LogP contribution in [-0.4, -0.2) is 92.7 Å². The van der Waals surface area contributed by atoms with Crippen LogP contribution in [0.1, 0.15) is 34.7 Å². The number of hydrogen-bond acceptors (Lipinski definition) is 11. The molecule has 12 heteroatoms. The Kier molecular flexibility index (Phi) is 17.2. The number of benzene rings is 5. The second-order valence-electron chi connectivity index (χ2n) is 15.4. The summed E-state index contributed by atoms with van der Waals surface area (Å²) in [5.41, 5.74) is 4.80. The van der Waals surface area contributed by atoms with Gasteiger partial charge in [0, 0.05) is 14.0 Å². The Labute approximate surface area is 363 Å². The van der Waals surface area contributed by atoms with E-state index in [0.29, 0.717) is 6.61 Å². The first kappa shape index (κ1) is 45.2. The van der Waals surface area contributed by atoms with Crippen LogP contribution in [-0.2, 0) is 80.5 Å². The van der Waals surface area contributed by atoms with Crippen molar-refractivity contribution < 1.29 is 52.5 Å². The summed E-state index contributed by atoms with van der Waals surface area (Å²) < 4.78 is 59.1. The van der Waals surface area contributed by atoms with Crippen molar-refractivity contribution in [2.24, 2.45) is 0 Å². The molecule has 2 heterocycles. The van der Waals surface area contributed by atoms with E-state index in [0.717, 1.165) is 27.8 Å². The molecule has 7 rings (SSSR count). The number of rotatable bonds is 21. The van der Waals surface area contributed by atoms with E-state index in [1.165, 1.54) is 14.0 Å². The normalized spacial score (nSPS) is 26.2. The molecule has 10 atom stereocenters. The van der Waals surface area contributed by atoms with Crippen LogP contribution in [0.5, 0.6) is 0 Å². The number of aliphatic hydroxyl groups is 1. The van der Waals surface area contributed by atoms with Crippen molar-refractivity contribution in [3.8, 4) is 0 Å². The van der Waals surface area contributed by atoms with Crippen molar-refractivity contribution >= 4 is 5.91 Å². The van der Waals surface area contributed by atoms with E-state index in [2.05, 4.69) is 5.32 Å². The number of hydrogen-bond donors (Lipinski definition) is 2. The predicted octanol–water partition coefficient (Wildman–Crippen LogP) is 6.52. The standard InChI is InChI=1S/C50H57NO11/c1-35(52)51-43-44(53)45(41(60-49(43)54-2)33-55-28-36-18-8-3-9-19-36)62-50-48(59-32-40-26-16-7-17-27-40)47(58-31-39-24-14-6-15-25-39)46(57-30-38-22-12-5-13-23-38)42(61-50)34-56-29-37-20-10-4-11-21-37/h3-27,41-50,53H,28-34H2,1-2H3,(H,51,52)/t41-,42-,43-,44-,45-,46-,47+,48-,49+,50-/m1/s1. The maximum atomic E-state index is 12.5. The SMILES string of the molecule is CO[C@H]1O[C@H](COCc2ccccc2)[C@@H](O[C@H]2O[C@H](COCc3ccccc3)[C@@H](OCc3ccccc3)[C@H](OCc3ccccc3)[C@H]2OCc2ccccc2)[C@H](O)[C@H]1NC(C)=O. The summed E-state index contributed by atoms with van der Waals surface area (Å²) in [6.45, 7) is 2.80. The average Bonchev–Trinajstić information content (AvgIpc) is 3.31. The van der Waals surface area contributed by atoms with Gasteiger partial charge in [0.1, 0.15) is 48.8 Å². The molecule has 2 N–H and O–H groups in total. The molecule has 0 bridgehead atoms. The lowest BCUT2D eigenvalue weighted by molar-refractivity contribution is -0.362. The molecule has 1 amide bonds. The van der Waals surface area contributed by atoms with Crippen LogP contribution in [0.15, 0.2) is 152 Å². The summed E-state index contributed by atoms with van der Waals surface area (Å²) in [4.78, 5) is 12.5. The van der Waals surface area contributed by atoms with Crippen LogP contribution in [0.3, 0.4) is 0 Å². The fourth-order valence-electron chi connectivity index (χ4n) is 7.69. The van der Waals surface area contributed by atoms with E-state index in [1.807, 2.05) is 152 Å². The first-order chi connectivity index (χ1) is 30.4. The minimum atomic E-state index is -1.33. The molecule has 2 fully saturated rings. The minimum absolute atomic E-state index is 0.0197. The molecular weight excluding hydrogens is 791 g/mol. The number of ether oxygens (including phenoxy) is 9. The van der Waals surface area contributed by atoms with Gasteiger partial charge in [0.15, 0.2) is 12.6 Å². The lowest BCUT2D eigenvalue weighted by Gasteiger charge is -2.49. The van der Waals surface area contributed by atoms with Crippen molar-refractivity contribution in [2.45, 2.75) is 101 Å². The zero-order valence-corrected chi connectivity index (χ0v) is 35.2. The summed E-state index contributed by atoms with van der Waals surface area (Å²) in [5, 5.41) is 15.0. The van der Waals surface area contributed by atoms with Crippen LogP contribution >= 0.6 is 0 Å². The van der Waals surface area contributed by atoms with Gasteiger partial charge >= 0.3 is 0 Å². The van der Waals surface area contributed by atoms with Crippen molar-refractivity contribution in [1.82, 2.24) is 5.32 Å². The monoisotopic (exact) mass is 847 g/mol. The van der Waals surface area contributed by atoms with Gasteiger partial charge < -0.3 is 53.1 Å². The number of aliphatic hydroxyl groups excluding tert-OH is 1. The molecule has 2 aliphatic rings. The number of amides is 1. The zero-order chi connectivity index (χ0) is 42.9. The summed E-state index contributed by atoms with van der Waals surface area (Å²) in [5.74, 6) is -0.376. The molecule has 5 aromatic carbocycles. The molecule has 0 radical (unpaired) electrons. The molecule has 0 aromatic heterocycles. The van der Waals surface area contributed by atoms with Gasteiger partial charge in [-0.3, -0.25) is 4.79 Å². The van der Waals surface area contributed by atoms with Crippen LogP contribution in [0.4, 0.5) is 0 Å². The lowest BCUT2D eigenvalue weighted by atomic mass is 9.95. The predicted molar refractivity (Wildman–Crippen MR) is 230 cm³/mol. The second kappa shape index (κ2) is 23.6. The minimum Gasteiger partial charge on any atom is -0.388 e. The van der Waals surface area contributed by atoms with Gasteiger partial charge in [0.25, 0.3) is 0 Å². The molecule has 5 aromatic rings. The highest BCUT2D eigenvalue weighted by Gasteiger charge is 2.53. The van der Waals surface area contributed by atoms with Gasteiger partial charge in [-0.05, 0) is 27.8 Å². The first-order valence-electron chi connectivity index (χ1n) is 21.1. The Morgan fingerprint density at radius 3 is 1.31 bits per heavy atom. The van der Waals surface area contributed by atoms with Gasteiger partial charge in [-0.1, -0.05) is 152 Å². The molecule has 0 saturated carbocycles. The smallest absolute Gasteiger partial charge is 0.217 e. The van der Waals surface area contributed by atoms with Gasteiger partial charge in [-0.25, -0.2) is 0 Å². The summed E-state index contributed by atoms with van der Waals surface area (Å²) >= 11 is 0. The average molecular weight is 848 g/mol. The molecule has 0 aliphatic carbocycles. The van der Waals surface area contributed by atoms with E-state index >= 15 is 0 Å². The van der Waals surface area contributed by atoms with Gasteiger partial charge in [0.2, 0.25) is 5.91 Å². The van der Waals surface area contributed by atoms with Crippen molar-refractivity contribution in [1.29, 1.82) is 0 Å². The molecule has 2 aliphatic heterocycles. The summed E-state index contributed by atoms with van der Waals surface area (Å²) in [6, 6.07) is 48.2. The number of carbonyl (C=O) groups is 1. The number of carbonyl (C=O) groups excluding carboxylic acids is 1. The van der Waals surface area contributed by atoms with Crippen molar-refractivity contribution in [2.75, 3.05) is 20.3 Å². The Morgan fingerprint density at radius 2 is 0.887 bits per heavy atom. The van der Waals surface area contributed by atoms with Gasteiger partial charge in [-0.15, -0.1) is 0 Å². The molecular formula is C50H57NO11. The maximum Gasteiger partial charge on any atom is 0.217 e. The Bertz CT molecular complexity index is 2010. The van der Waals surface area contributed by atoms with E-state index in [1.54, 1.807) is 0 Å². The van der Waals surface area contributed by atoms with Crippen LogP contribution in [0.25, 0.3) is 0 Å². The highest BCUT2D eigenvalue weighted by molar-refractivity contribution is 5.73. The Hall–Kier alpha value is -4.83. The first-order valence-corrected chi connectivity index (χ1v) is 21.1. The highest BCUT2D eigenvalue weighted by Crippen LogP contribution is 2.35. The molecule has 0 spiro atoms. The van der Waals surface area contributed by atoms with Gasteiger partial charge in [0.05, 0.1) is 46.2 Å². The topological polar surface area (TPSA) is 132 Å². The van der Waals surface area contributed by atoms with Crippen LogP contribution in [0, 0.1) is 0 Å². The molecule has 62 heavy (non-hydrogen) atoms. The molecule has 0 unspecified atom stereocenters. The molecule has 12 nitrogen and oxygen atoms in total.